The zero-order valence-corrected chi connectivity index (χ0v) is 10.6. The molecule has 0 saturated carbocycles. The van der Waals surface area contributed by atoms with Crippen LogP contribution >= 0.6 is 0 Å². The summed E-state index contributed by atoms with van der Waals surface area (Å²) in [5.41, 5.74) is 2.65. The van der Waals surface area contributed by atoms with Crippen LogP contribution in [0, 0.1) is 25.5 Å². The molecule has 2 nitrogen and oxygen atoms in total. The monoisotopic (exact) mass is 261 g/mol. The Bertz CT molecular complexity index is 631. The number of hydrogen-bond acceptors (Lipinski definition) is 2. The number of halogens is 2. The lowest BCUT2D eigenvalue weighted by atomic mass is 10.1. The van der Waals surface area contributed by atoms with E-state index in [-0.39, 0.29) is 5.56 Å². The molecule has 0 aliphatic heterocycles. The Morgan fingerprint density at radius 3 is 2.37 bits per heavy atom. The minimum absolute atomic E-state index is 0.0140. The molecule has 0 amide bonds. The number of phenolic OH excluding ortho intramolecular Hbond substituents is 1. The molecule has 0 fully saturated rings. The molecule has 0 radical (unpaired) electrons. The van der Waals surface area contributed by atoms with Gasteiger partial charge in [0.1, 0.15) is 5.82 Å². The average molecular weight is 261 g/mol. The molecule has 0 spiro atoms. The predicted octanol–water partition coefficient (Wildman–Crippen LogP) is 4.04. The van der Waals surface area contributed by atoms with Crippen LogP contribution in [0.3, 0.4) is 0 Å². The van der Waals surface area contributed by atoms with E-state index < -0.39 is 17.4 Å². The van der Waals surface area contributed by atoms with Gasteiger partial charge in [0, 0.05) is 17.8 Å². The van der Waals surface area contributed by atoms with Crippen LogP contribution in [0.5, 0.6) is 5.75 Å². The summed E-state index contributed by atoms with van der Waals surface area (Å²) in [5, 5.41) is 9.51. The van der Waals surface area contributed by atoms with E-state index in [4.69, 9.17) is 0 Å². The highest BCUT2D eigenvalue weighted by atomic mass is 19.1. The van der Waals surface area contributed by atoms with Crippen molar-refractivity contribution in [1.29, 1.82) is 0 Å². The molecule has 2 aromatic carbocycles. The number of phenols is 1. The van der Waals surface area contributed by atoms with E-state index in [0.29, 0.717) is 6.07 Å². The van der Waals surface area contributed by atoms with E-state index in [9.17, 15) is 13.9 Å². The predicted molar refractivity (Wildman–Crippen MR) is 71.2 cm³/mol. The van der Waals surface area contributed by atoms with Gasteiger partial charge in [0.05, 0.1) is 5.69 Å². The smallest absolute Gasteiger partial charge is 0.168 e. The van der Waals surface area contributed by atoms with Gasteiger partial charge in [-0.15, -0.1) is 0 Å². The molecule has 19 heavy (non-hydrogen) atoms. The van der Waals surface area contributed by atoms with Gasteiger partial charge in [0.2, 0.25) is 0 Å². The fourth-order valence-electron chi connectivity index (χ4n) is 1.83. The maximum Gasteiger partial charge on any atom is 0.168 e. The first kappa shape index (κ1) is 13.2. The van der Waals surface area contributed by atoms with Crippen molar-refractivity contribution in [1.82, 2.24) is 0 Å². The second kappa shape index (κ2) is 5.18. The number of benzene rings is 2. The molecule has 2 rings (SSSR count). The lowest BCUT2D eigenvalue weighted by Gasteiger charge is -2.04. The molecular formula is C15H13F2NO. The summed E-state index contributed by atoms with van der Waals surface area (Å²) in [4.78, 5) is 4.20. The number of aliphatic imine (C=N–C) groups is 1. The Balaban J connectivity index is 2.44. The zero-order chi connectivity index (χ0) is 14.0. The Labute approximate surface area is 110 Å². The van der Waals surface area contributed by atoms with Crippen molar-refractivity contribution < 1.29 is 13.9 Å². The third-order valence-corrected chi connectivity index (χ3v) is 2.83. The molecule has 4 heteroatoms. The van der Waals surface area contributed by atoms with Gasteiger partial charge in [-0.1, -0.05) is 18.2 Å². The average Bonchev–Trinajstić information content (AvgIpc) is 2.34. The number of nitrogens with zero attached hydrogens (tertiary/aromatic N) is 1. The topological polar surface area (TPSA) is 32.6 Å². The summed E-state index contributed by atoms with van der Waals surface area (Å²) in [7, 11) is 0. The lowest BCUT2D eigenvalue weighted by molar-refractivity contribution is 0.427. The van der Waals surface area contributed by atoms with Crippen molar-refractivity contribution in [2.45, 2.75) is 13.8 Å². The molecule has 0 heterocycles. The van der Waals surface area contributed by atoms with Crippen molar-refractivity contribution in [2.24, 2.45) is 4.99 Å². The van der Waals surface area contributed by atoms with Crippen LogP contribution < -0.4 is 0 Å². The van der Waals surface area contributed by atoms with E-state index in [1.807, 2.05) is 32.0 Å². The van der Waals surface area contributed by atoms with Crippen LogP contribution in [-0.4, -0.2) is 11.3 Å². The summed E-state index contributed by atoms with van der Waals surface area (Å²) in [6, 6.07) is 7.36. The third kappa shape index (κ3) is 2.78. The third-order valence-electron chi connectivity index (χ3n) is 2.83. The fraction of sp³-hybridized carbons (Fsp3) is 0.133. The molecule has 2 aromatic rings. The van der Waals surface area contributed by atoms with Crippen LogP contribution in [-0.2, 0) is 0 Å². The summed E-state index contributed by atoms with van der Waals surface area (Å²) in [5.74, 6) is -2.35. The maximum absolute atomic E-state index is 13.2. The van der Waals surface area contributed by atoms with Crippen molar-refractivity contribution in [3.8, 4) is 5.75 Å². The van der Waals surface area contributed by atoms with Crippen molar-refractivity contribution >= 4 is 11.9 Å². The number of aryl methyl sites for hydroxylation is 2. The van der Waals surface area contributed by atoms with E-state index in [1.54, 1.807) is 0 Å². The van der Waals surface area contributed by atoms with Crippen LogP contribution in [0.4, 0.5) is 14.5 Å². The summed E-state index contributed by atoms with van der Waals surface area (Å²) >= 11 is 0. The molecule has 0 aromatic heterocycles. The Morgan fingerprint density at radius 1 is 1.11 bits per heavy atom. The molecular weight excluding hydrogens is 248 g/mol. The van der Waals surface area contributed by atoms with Crippen LogP contribution in [0.1, 0.15) is 16.7 Å². The second-order valence-corrected chi connectivity index (χ2v) is 4.32. The molecule has 1 N–H and O–H groups in total. The quantitative estimate of drug-likeness (QED) is 0.813. The van der Waals surface area contributed by atoms with Gasteiger partial charge in [-0.2, -0.15) is 0 Å². The first-order valence-corrected chi connectivity index (χ1v) is 5.77. The fourth-order valence-corrected chi connectivity index (χ4v) is 1.83. The molecule has 0 unspecified atom stereocenters. The first-order valence-electron chi connectivity index (χ1n) is 5.77. The lowest BCUT2D eigenvalue weighted by Crippen LogP contribution is -1.90. The van der Waals surface area contributed by atoms with Crippen molar-refractivity contribution in [2.75, 3.05) is 0 Å². The van der Waals surface area contributed by atoms with Crippen molar-refractivity contribution in [3.05, 3.63) is 58.7 Å². The van der Waals surface area contributed by atoms with Gasteiger partial charge in [-0.05, 0) is 31.0 Å². The Hall–Kier alpha value is -2.23. The Morgan fingerprint density at radius 2 is 1.74 bits per heavy atom. The van der Waals surface area contributed by atoms with Gasteiger partial charge < -0.3 is 5.11 Å². The minimum Gasteiger partial charge on any atom is -0.504 e. The number of para-hydroxylation sites is 1. The van der Waals surface area contributed by atoms with Gasteiger partial charge in [0.25, 0.3) is 0 Å². The zero-order valence-electron chi connectivity index (χ0n) is 10.6. The number of rotatable bonds is 2. The van der Waals surface area contributed by atoms with Gasteiger partial charge >= 0.3 is 0 Å². The molecule has 0 saturated heterocycles. The number of hydrogen-bond donors (Lipinski definition) is 1. The summed E-state index contributed by atoms with van der Waals surface area (Å²) < 4.78 is 26.3. The Kier molecular flexibility index (Phi) is 3.60. The maximum atomic E-state index is 13.2. The standard InChI is InChI=1S/C15H13F2NO/c1-9-4-3-5-10(2)14(9)18-8-11-6-12(16)7-13(17)15(11)19/h3-8,19H,1-2H3. The SMILES string of the molecule is Cc1cccc(C)c1N=Cc1cc(F)cc(F)c1O. The highest BCUT2D eigenvalue weighted by Crippen LogP contribution is 2.25. The molecule has 0 atom stereocenters. The molecule has 0 bridgehead atoms. The van der Waals surface area contributed by atoms with Crippen LogP contribution in [0.2, 0.25) is 0 Å². The number of aromatic hydroxyl groups is 1. The normalized spacial score (nSPS) is 11.2. The van der Waals surface area contributed by atoms with E-state index in [1.165, 1.54) is 6.21 Å². The van der Waals surface area contributed by atoms with Crippen molar-refractivity contribution in [3.63, 3.8) is 0 Å². The highest BCUT2D eigenvalue weighted by molar-refractivity contribution is 5.86. The van der Waals surface area contributed by atoms with E-state index >= 15 is 0 Å². The molecule has 0 aliphatic rings. The summed E-state index contributed by atoms with van der Waals surface area (Å²) in [6.07, 6.45) is 1.26. The molecule has 0 aliphatic carbocycles. The van der Waals surface area contributed by atoms with Gasteiger partial charge in [0.15, 0.2) is 11.6 Å². The van der Waals surface area contributed by atoms with E-state index in [0.717, 1.165) is 22.9 Å². The summed E-state index contributed by atoms with van der Waals surface area (Å²) in [6.45, 7) is 3.79. The highest BCUT2D eigenvalue weighted by Gasteiger charge is 2.08. The van der Waals surface area contributed by atoms with Gasteiger partial charge in [-0.25, -0.2) is 8.78 Å². The second-order valence-electron chi connectivity index (χ2n) is 4.32. The van der Waals surface area contributed by atoms with Crippen LogP contribution in [0.15, 0.2) is 35.3 Å². The first-order chi connectivity index (χ1) is 8.99. The van der Waals surface area contributed by atoms with E-state index in [2.05, 4.69) is 4.99 Å². The van der Waals surface area contributed by atoms with Crippen LogP contribution in [0.25, 0.3) is 0 Å². The largest absolute Gasteiger partial charge is 0.504 e. The molecule has 98 valence electrons. The van der Waals surface area contributed by atoms with Gasteiger partial charge in [-0.3, -0.25) is 4.99 Å². The minimum atomic E-state index is -0.997.